The topological polar surface area (TPSA) is 51.6 Å². The van der Waals surface area contributed by atoms with Gasteiger partial charge in [-0.25, -0.2) is 0 Å². The zero-order chi connectivity index (χ0) is 13.7. The quantitative estimate of drug-likeness (QED) is 0.866. The van der Waals surface area contributed by atoms with Gasteiger partial charge in [0.1, 0.15) is 17.3 Å². The number of rotatable bonds is 6. The first kappa shape index (κ1) is 13.6. The smallest absolute Gasteiger partial charge is 0.118 e. The monoisotopic (exact) mass is 260 g/mol. The van der Waals surface area contributed by atoms with Crippen LogP contribution in [0.15, 0.2) is 40.8 Å². The number of hydrogen-bond donors (Lipinski definition) is 1. The minimum atomic E-state index is 0.447. The van der Waals surface area contributed by atoms with E-state index in [4.69, 9.17) is 14.9 Å². The molecule has 2 rings (SSSR count). The fraction of sp³-hybridized carbons (Fsp3) is 0.333. The summed E-state index contributed by atoms with van der Waals surface area (Å²) in [6, 6.07) is 12.0. The Morgan fingerprint density at radius 3 is 2.32 bits per heavy atom. The molecule has 4 nitrogen and oxygen atoms in total. The van der Waals surface area contributed by atoms with E-state index < -0.39 is 0 Å². The van der Waals surface area contributed by atoms with Gasteiger partial charge < -0.3 is 14.9 Å². The third-order valence-electron chi connectivity index (χ3n) is 2.96. The van der Waals surface area contributed by atoms with Crippen LogP contribution in [-0.2, 0) is 19.6 Å². The first-order valence-electron chi connectivity index (χ1n) is 6.30. The summed E-state index contributed by atoms with van der Waals surface area (Å²) in [6.45, 7) is 2.08. The van der Waals surface area contributed by atoms with Gasteiger partial charge in [0.05, 0.1) is 20.2 Å². The Kier molecular flexibility index (Phi) is 4.60. The van der Waals surface area contributed by atoms with E-state index in [1.165, 1.54) is 5.56 Å². The summed E-state index contributed by atoms with van der Waals surface area (Å²) in [4.78, 5) is 2.20. The summed E-state index contributed by atoms with van der Waals surface area (Å²) in [5.74, 6) is 2.65. The summed E-state index contributed by atoms with van der Waals surface area (Å²) in [5.41, 5.74) is 6.77. The largest absolute Gasteiger partial charge is 0.497 e. The van der Waals surface area contributed by atoms with Gasteiger partial charge in [0.25, 0.3) is 0 Å². The Bertz CT molecular complexity index is 505. The van der Waals surface area contributed by atoms with Crippen molar-refractivity contribution < 1.29 is 9.15 Å². The molecule has 0 saturated carbocycles. The number of methoxy groups -OCH3 is 1. The molecule has 0 atom stereocenters. The molecule has 0 fully saturated rings. The lowest BCUT2D eigenvalue weighted by molar-refractivity contribution is 0.283. The van der Waals surface area contributed by atoms with Gasteiger partial charge in [0.2, 0.25) is 0 Å². The molecule has 2 N–H and O–H groups in total. The summed E-state index contributed by atoms with van der Waals surface area (Å²) in [5, 5.41) is 0. The van der Waals surface area contributed by atoms with Crippen LogP contribution in [0.3, 0.4) is 0 Å². The second-order valence-electron chi connectivity index (χ2n) is 4.59. The Morgan fingerprint density at radius 1 is 1.05 bits per heavy atom. The number of ether oxygens (including phenoxy) is 1. The standard InChI is InChI=1S/C15H20N2O2/c1-17(11-15-8-7-14(9-16)19-15)10-12-3-5-13(18-2)6-4-12/h3-8H,9-11,16H2,1-2H3. The highest BCUT2D eigenvalue weighted by molar-refractivity contribution is 5.27. The average Bonchev–Trinajstić information content (AvgIpc) is 2.87. The number of hydrogen-bond acceptors (Lipinski definition) is 4. The maximum absolute atomic E-state index is 5.59. The summed E-state index contributed by atoms with van der Waals surface area (Å²) in [6.07, 6.45) is 0. The molecule has 1 aromatic heterocycles. The predicted octanol–water partition coefficient (Wildman–Crippen LogP) is 2.38. The van der Waals surface area contributed by atoms with E-state index in [9.17, 15) is 0 Å². The Labute approximate surface area is 113 Å². The molecule has 19 heavy (non-hydrogen) atoms. The van der Waals surface area contributed by atoms with Crippen LogP contribution < -0.4 is 10.5 Å². The van der Waals surface area contributed by atoms with E-state index in [1.54, 1.807) is 7.11 Å². The fourth-order valence-corrected chi connectivity index (χ4v) is 1.98. The molecular weight excluding hydrogens is 240 g/mol. The zero-order valence-electron chi connectivity index (χ0n) is 11.4. The van der Waals surface area contributed by atoms with Gasteiger partial charge in [-0.2, -0.15) is 0 Å². The second kappa shape index (κ2) is 6.41. The fourth-order valence-electron chi connectivity index (χ4n) is 1.98. The molecule has 4 heteroatoms. The highest BCUT2D eigenvalue weighted by Crippen LogP contribution is 2.14. The molecule has 0 spiro atoms. The molecule has 0 saturated heterocycles. The Hall–Kier alpha value is -1.78. The van der Waals surface area contributed by atoms with E-state index in [1.807, 2.05) is 24.3 Å². The average molecular weight is 260 g/mol. The number of benzene rings is 1. The second-order valence-corrected chi connectivity index (χ2v) is 4.59. The third-order valence-corrected chi connectivity index (χ3v) is 2.96. The molecule has 0 bridgehead atoms. The van der Waals surface area contributed by atoms with E-state index in [-0.39, 0.29) is 0 Å². The van der Waals surface area contributed by atoms with Crippen LogP contribution >= 0.6 is 0 Å². The summed E-state index contributed by atoms with van der Waals surface area (Å²) in [7, 11) is 3.74. The number of nitrogens with two attached hydrogens (primary N) is 1. The van der Waals surface area contributed by atoms with Crippen molar-refractivity contribution in [3.05, 3.63) is 53.5 Å². The zero-order valence-corrected chi connectivity index (χ0v) is 11.4. The van der Waals surface area contributed by atoms with Gasteiger partial charge in [0, 0.05) is 6.54 Å². The van der Waals surface area contributed by atoms with Crippen molar-refractivity contribution in [2.45, 2.75) is 19.6 Å². The van der Waals surface area contributed by atoms with Crippen LogP contribution in [0, 0.1) is 0 Å². The molecule has 0 aliphatic carbocycles. The van der Waals surface area contributed by atoms with Crippen LogP contribution in [0.5, 0.6) is 5.75 Å². The first-order chi connectivity index (χ1) is 9.21. The maximum Gasteiger partial charge on any atom is 0.118 e. The Morgan fingerprint density at radius 2 is 1.74 bits per heavy atom. The maximum atomic E-state index is 5.59. The summed E-state index contributed by atoms with van der Waals surface area (Å²) < 4.78 is 10.7. The number of furan rings is 1. The van der Waals surface area contributed by atoms with Crippen LogP contribution in [0.25, 0.3) is 0 Å². The van der Waals surface area contributed by atoms with E-state index in [0.717, 1.165) is 30.4 Å². The lowest BCUT2D eigenvalue weighted by atomic mass is 10.2. The van der Waals surface area contributed by atoms with Crippen LogP contribution in [0.1, 0.15) is 17.1 Å². The van der Waals surface area contributed by atoms with Crippen molar-refractivity contribution in [1.29, 1.82) is 0 Å². The van der Waals surface area contributed by atoms with Crippen molar-refractivity contribution in [1.82, 2.24) is 4.90 Å². The van der Waals surface area contributed by atoms with Crippen molar-refractivity contribution >= 4 is 0 Å². The lowest BCUT2D eigenvalue weighted by Gasteiger charge is -2.15. The summed E-state index contributed by atoms with van der Waals surface area (Å²) >= 11 is 0. The van der Waals surface area contributed by atoms with Crippen LogP contribution in [0.4, 0.5) is 0 Å². The minimum Gasteiger partial charge on any atom is -0.497 e. The SMILES string of the molecule is COc1ccc(CN(C)Cc2ccc(CN)o2)cc1. The molecule has 0 radical (unpaired) electrons. The van der Waals surface area contributed by atoms with Gasteiger partial charge in [-0.05, 0) is 36.9 Å². The van der Waals surface area contributed by atoms with Gasteiger partial charge in [-0.1, -0.05) is 12.1 Å². The van der Waals surface area contributed by atoms with Gasteiger partial charge >= 0.3 is 0 Å². The predicted molar refractivity (Wildman–Crippen MR) is 74.8 cm³/mol. The van der Waals surface area contributed by atoms with Crippen molar-refractivity contribution in [3.8, 4) is 5.75 Å². The number of nitrogens with zero attached hydrogens (tertiary/aromatic N) is 1. The molecular formula is C15H20N2O2. The molecule has 0 aliphatic heterocycles. The Balaban J connectivity index is 1.90. The highest BCUT2D eigenvalue weighted by atomic mass is 16.5. The van der Waals surface area contributed by atoms with Gasteiger partial charge in [0.15, 0.2) is 0 Å². The van der Waals surface area contributed by atoms with Crippen LogP contribution in [0.2, 0.25) is 0 Å². The molecule has 1 aromatic carbocycles. The van der Waals surface area contributed by atoms with Crippen LogP contribution in [-0.4, -0.2) is 19.1 Å². The van der Waals surface area contributed by atoms with Crippen molar-refractivity contribution in [2.24, 2.45) is 5.73 Å². The molecule has 1 heterocycles. The van der Waals surface area contributed by atoms with Crippen molar-refractivity contribution in [3.63, 3.8) is 0 Å². The molecule has 0 unspecified atom stereocenters. The lowest BCUT2D eigenvalue weighted by Crippen LogP contribution is -2.16. The third kappa shape index (κ3) is 3.84. The van der Waals surface area contributed by atoms with Gasteiger partial charge in [-0.15, -0.1) is 0 Å². The van der Waals surface area contributed by atoms with Gasteiger partial charge in [-0.3, -0.25) is 4.90 Å². The van der Waals surface area contributed by atoms with E-state index in [2.05, 4.69) is 24.1 Å². The highest BCUT2D eigenvalue weighted by Gasteiger charge is 2.06. The molecule has 0 aliphatic rings. The normalized spacial score (nSPS) is 10.9. The molecule has 2 aromatic rings. The molecule has 102 valence electrons. The van der Waals surface area contributed by atoms with E-state index >= 15 is 0 Å². The van der Waals surface area contributed by atoms with Crippen molar-refractivity contribution in [2.75, 3.05) is 14.2 Å². The minimum absolute atomic E-state index is 0.447. The molecule has 0 amide bonds. The first-order valence-corrected chi connectivity index (χ1v) is 6.30. The van der Waals surface area contributed by atoms with E-state index in [0.29, 0.717) is 6.54 Å².